The number of hydrogen-bond acceptors (Lipinski definition) is 3. The van der Waals surface area contributed by atoms with E-state index in [1.807, 2.05) is 26.2 Å². The molecule has 0 spiro atoms. The van der Waals surface area contributed by atoms with Crippen molar-refractivity contribution in [2.24, 2.45) is 0 Å². The highest BCUT2D eigenvalue weighted by atomic mass is 32.2. The van der Waals surface area contributed by atoms with Crippen molar-refractivity contribution in [2.75, 3.05) is 0 Å². The highest BCUT2D eigenvalue weighted by molar-refractivity contribution is 7.94. The van der Waals surface area contributed by atoms with Crippen molar-refractivity contribution >= 4 is 22.5 Å². The van der Waals surface area contributed by atoms with E-state index in [2.05, 4.69) is 4.98 Å². The van der Waals surface area contributed by atoms with Crippen LogP contribution in [0.1, 0.15) is 20.8 Å². The molecule has 1 aromatic rings. The van der Waals surface area contributed by atoms with Gasteiger partial charge in [-0.05, 0) is 20.8 Å². The molecule has 0 fully saturated rings. The Bertz CT molecular complexity index is 215. The van der Waals surface area contributed by atoms with E-state index in [0.717, 1.165) is 4.34 Å². The van der Waals surface area contributed by atoms with Gasteiger partial charge < -0.3 is 4.55 Å². The fourth-order valence-electron chi connectivity index (χ4n) is 0.564. The molecule has 1 unspecified atom stereocenters. The van der Waals surface area contributed by atoms with Crippen LogP contribution in [0.5, 0.6) is 0 Å². The van der Waals surface area contributed by atoms with Gasteiger partial charge >= 0.3 is 4.34 Å². The first-order valence-corrected chi connectivity index (χ1v) is 5.36. The normalized spacial score (nSPS) is 14.9. The number of thiazole rings is 1. The zero-order chi connectivity index (χ0) is 8.48. The van der Waals surface area contributed by atoms with Gasteiger partial charge in [-0.2, -0.15) is 0 Å². The van der Waals surface area contributed by atoms with Crippen molar-refractivity contribution in [3.05, 3.63) is 11.6 Å². The van der Waals surface area contributed by atoms with E-state index in [1.165, 1.54) is 11.3 Å². The van der Waals surface area contributed by atoms with Gasteiger partial charge in [0, 0.05) is 22.8 Å². The molecule has 0 bridgehead atoms. The first kappa shape index (κ1) is 9.03. The Morgan fingerprint density at radius 2 is 2.18 bits per heavy atom. The smallest absolute Gasteiger partial charge is 0.301 e. The highest BCUT2D eigenvalue weighted by Crippen LogP contribution is 2.25. The van der Waals surface area contributed by atoms with Crippen LogP contribution in [-0.4, -0.2) is 14.3 Å². The monoisotopic (exact) mass is 189 g/mol. The molecular weight excluding hydrogens is 178 g/mol. The third kappa shape index (κ3) is 2.18. The molecule has 0 aliphatic heterocycles. The summed E-state index contributed by atoms with van der Waals surface area (Å²) < 4.78 is 12.1. The quantitative estimate of drug-likeness (QED) is 0.634. The molecule has 0 aliphatic carbocycles. The first-order valence-electron chi connectivity index (χ1n) is 3.33. The summed E-state index contributed by atoms with van der Waals surface area (Å²) in [5.41, 5.74) is 0. The van der Waals surface area contributed by atoms with Crippen LogP contribution in [0.25, 0.3) is 0 Å². The lowest BCUT2D eigenvalue weighted by atomic mass is 10.3. The van der Waals surface area contributed by atoms with E-state index >= 15 is 0 Å². The van der Waals surface area contributed by atoms with Gasteiger partial charge in [0.15, 0.2) is 0 Å². The molecule has 1 aromatic heterocycles. The third-order valence-electron chi connectivity index (χ3n) is 1.12. The van der Waals surface area contributed by atoms with Crippen LogP contribution in [-0.2, 0) is 11.2 Å². The van der Waals surface area contributed by atoms with E-state index in [4.69, 9.17) is 0 Å². The van der Waals surface area contributed by atoms with Gasteiger partial charge in [-0.25, -0.2) is 4.98 Å². The Morgan fingerprint density at radius 1 is 1.55 bits per heavy atom. The topological polar surface area (TPSA) is 36.0 Å². The summed E-state index contributed by atoms with van der Waals surface area (Å²) in [6.45, 7) is 5.85. The molecule has 1 heterocycles. The molecule has 11 heavy (non-hydrogen) atoms. The molecule has 0 saturated heterocycles. The third-order valence-corrected chi connectivity index (χ3v) is 3.97. The van der Waals surface area contributed by atoms with Gasteiger partial charge in [-0.15, -0.1) is 0 Å². The molecule has 0 N–H and O–H groups in total. The number of nitrogens with zero attached hydrogens (tertiary/aromatic N) is 1. The summed E-state index contributed by atoms with van der Waals surface area (Å²) in [6, 6.07) is 0. The largest absolute Gasteiger partial charge is 0.609 e. The van der Waals surface area contributed by atoms with Crippen LogP contribution in [0.2, 0.25) is 0 Å². The predicted molar refractivity (Wildman–Crippen MR) is 48.3 cm³/mol. The molecule has 4 heteroatoms. The van der Waals surface area contributed by atoms with Crippen LogP contribution in [0, 0.1) is 0 Å². The minimum Gasteiger partial charge on any atom is -0.609 e. The maximum Gasteiger partial charge on any atom is 0.301 e. The predicted octanol–water partition coefficient (Wildman–Crippen LogP) is 2.05. The summed E-state index contributed by atoms with van der Waals surface area (Å²) in [5.74, 6) is 0. The summed E-state index contributed by atoms with van der Waals surface area (Å²) in [5, 5.41) is 1.85. The molecule has 1 atom stereocenters. The molecule has 62 valence electrons. The second kappa shape index (κ2) is 3.13. The number of rotatable bonds is 1. The molecule has 0 aromatic carbocycles. The van der Waals surface area contributed by atoms with Gasteiger partial charge in [0.2, 0.25) is 0 Å². The zero-order valence-electron chi connectivity index (χ0n) is 6.83. The van der Waals surface area contributed by atoms with E-state index in [0.29, 0.717) is 0 Å². The maximum atomic E-state index is 11.6. The summed E-state index contributed by atoms with van der Waals surface area (Å²) in [4.78, 5) is 4.00. The Morgan fingerprint density at radius 3 is 2.55 bits per heavy atom. The Labute approximate surface area is 73.8 Å². The maximum absolute atomic E-state index is 11.6. The number of hydrogen-bond donors (Lipinski definition) is 0. The van der Waals surface area contributed by atoms with Gasteiger partial charge in [0.1, 0.15) is 4.75 Å². The van der Waals surface area contributed by atoms with Crippen LogP contribution < -0.4 is 0 Å². The lowest BCUT2D eigenvalue weighted by Crippen LogP contribution is -2.27. The second-order valence-corrected chi connectivity index (χ2v) is 6.48. The Balaban J connectivity index is 2.78. The lowest BCUT2D eigenvalue weighted by molar-refractivity contribution is 0.559. The zero-order valence-corrected chi connectivity index (χ0v) is 8.46. The van der Waals surface area contributed by atoms with Crippen molar-refractivity contribution in [2.45, 2.75) is 29.9 Å². The van der Waals surface area contributed by atoms with Gasteiger partial charge in [-0.1, -0.05) is 11.3 Å². The summed E-state index contributed by atoms with van der Waals surface area (Å²) >= 11 is 0.484. The van der Waals surface area contributed by atoms with Crippen molar-refractivity contribution in [1.29, 1.82) is 0 Å². The van der Waals surface area contributed by atoms with Crippen molar-refractivity contribution < 1.29 is 4.55 Å². The van der Waals surface area contributed by atoms with Crippen molar-refractivity contribution in [3.63, 3.8) is 0 Å². The first-order chi connectivity index (χ1) is 5.02. The van der Waals surface area contributed by atoms with Crippen molar-refractivity contribution in [3.8, 4) is 0 Å². The molecule has 0 amide bonds. The molecule has 1 rings (SSSR count). The Hall–Kier alpha value is -0.0600. The van der Waals surface area contributed by atoms with E-state index < -0.39 is 11.2 Å². The minimum atomic E-state index is -0.962. The minimum absolute atomic E-state index is 0.197. The van der Waals surface area contributed by atoms with Crippen molar-refractivity contribution in [1.82, 2.24) is 4.98 Å². The summed E-state index contributed by atoms with van der Waals surface area (Å²) in [6.07, 6.45) is 1.68. The molecule has 0 radical (unpaired) electrons. The van der Waals surface area contributed by atoms with Crippen LogP contribution in [0.3, 0.4) is 0 Å². The number of aromatic nitrogens is 1. The van der Waals surface area contributed by atoms with E-state index in [-0.39, 0.29) is 4.75 Å². The van der Waals surface area contributed by atoms with Gasteiger partial charge in [-0.3, -0.25) is 0 Å². The molecule has 0 aliphatic rings. The molecule has 0 saturated carbocycles. The van der Waals surface area contributed by atoms with E-state index in [1.54, 1.807) is 6.20 Å². The SMILES string of the molecule is CC(C)(C)[S+]([O-])c1nccs1. The Kier molecular flexibility index (Phi) is 2.57. The molecule has 2 nitrogen and oxygen atoms in total. The fourth-order valence-corrected chi connectivity index (χ4v) is 2.87. The average molecular weight is 189 g/mol. The van der Waals surface area contributed by atoms with Crippen LogP contribution in [0.4, 0.5) is 0 Å². The van der Waals surface area contributed by atoms with Gasteiger partial charge in [0.25, 0.3) is 0 Å². The van der Waals surface area contributed by atoms with E-state index in [9.17, 15) is 4.55 Å². The highest BCUT2D eigenvalue weighted by Gasteiger charge is 2.29. The second-order valence-electron chi connectivity index (χ2n) is 3.18. The summed E-state index contributed by atoms with van der Waals surface area (Å²) in [7, 11) is 0. The lowest BCUT2D eigenvalue weighted by Gasteiger charge is -2.20. The molecular formula is C7H11NOS2. The standard InChI is InChI=1S/C7H11NOS2/c1-7(2,3)11(9)6-8-4-5-10-6/h4-5H,1-3H3. The average Bonchev–Trinajstić information content (AvgIpc) is 2.34. The fraction of sp³-hybridized carbons (Fsp3) is 0.571. The van der Waals surface area contributed by atoms with Crippen LogP contribution in [0.15, 0.2) is 15.9 Å². The van der Waals surface area contributed by atoms with Crippen LogP contribution >= 0.6 is 11.3 Å². The van der Waals surface area contributed by atoms with Gasteiger partial charge in [0.05, 0.1) is 0 Å².